The zero-order chi connectivity index (χ0) is 20.7. The Kier molecular flexibility index (Phi) is 4.54. The number of methoxy groups -OCH3 is 1. The number of aromatic nitrogens is 2. The van der Waals surface area contributed by atoms with Crippen molar-refractivity contribution in [3.05, 3.63) is 65.6 Å². The van der Waals surface area contributed by atoms with E-state index in [9.17, 15) is 13.6 Å². The van der Waals surface area contributed by atoms with Crippen LogP contribution >= 0.6 is 0 Å². The number of anilines is 2. The molecular weight excluding hydrogens is 378 g/mol. The van der Waals surface area contributed by atoms with Gasteiger partial charge in [-0.25, -0.2) is 8.78 Å². The van der Waals surface area contributed by atoms with Crippen molar-refractivity contribution < 1.29 is 18.3 Å². The van der Waals surface area contributed by atoms with Crippen LogP contribution in [0.1, 0.15) is 12.5 Å². The van der Waals surface area contributed by atoms with Crippen molar-refractivity contribution in [3.63, 3.8) is 0 Å². The number of hydrogen-bond acceptors (Lipinski definition) is 4. The number of benzene rings is 2. The molecule has 2 heterocycles. The van der Waals surface area contributed by atoms with E-state index >= 15 is 0 Å². The predicted octanol–water partition coefficient (Wildman–Crippen LogP) is 4.17. The van der Waals surface area contributed by atoms with Gasteiger partial charge in [-0.1, -0.05) is 6.07 Å². The number of fused-ring (bicyclic) bond motifs is 1. The standard InChI is InChI=1S/C21H18F2N4O2/c1-11(25-12-9-24-27(2)10-12)19-14-7-13(16(23)8-17(14)26-21(19)28)20-15(22)5-4-6-18(20)29-3/h4-10,25H,1-3H3,(H,26,28)/b19-11-. The molecule has 4 rings (SSSR count). The fraction of sp³-hybridized carbons (Fsp3) is 0.143. The number of aryl methyl sites for hydroxylation is 1. The van der Waals surface area contributed by atoms with Crippen molar-refractivity contribution >= 4 is 22.9 Å². The summed E-state index contributed by atoms with van der Waals surface area (Å²) in [5.74, 6) is -1.44. The quantitative estimate of drug-likeness (QED) is 0.650. The van der Waals surface area contributed by atoms with Gasteiger partial charge in [0.1, 0.15) is 17.4 Å². The highest BCUT2D eigenvalue weighted by Crippen LogP contribution is 2.41. The molecule has 29 heavy (non-hydrogen) atoms. The van der Waals surface area contributed by atoms with Crippen molar-refractivity contribution in [1.29, 1.82) is 0 Å². The number of amides is 1. The molecule has 3 aromatic rings. The van der Waals surface area contributed by atoms with Crippen LogP contribution < -0.4 is 15.4 Å². The van der Waals surface area contributed by atoms with E-state index in [4.69, 9.17) is 4.74 Å². The van der Waals surface area contributed by atoms with Crippen LogP contribution in [0.3, 0.4) is 0 Å². The first-order valence-electron chi connectivity index (χ1n) is 8.83. The number of carbonyl (C=O) groups is 1. The number of ether oxygens (including phenoxy) is 1. The Labute approximate surface area is 165 Å². The Morgan fingerprint density at radius 1 is 1.21 bits per heavy atom. The zero-order valence-electron chi connectivity index (χ0n) is 16.0. The molecule has 2 N–H and O–H groups in total. The summed E-state index contributed by atoms with van der Waals surface area (Å²) < 4.78 is 36.2. The minimum absolute atomic E-state index is 0.00636. The van der Waals surface area contributed by atoms with Crippen LogP contribution in [0.25, 0.3) is 16.7 Å². The molecule has 0 saturated heterocycles. The molecule has 1 aromatic heterocycles. The van der Waals surface area contributed by atoms with Crippen LogP contribution in [-0.4, -0.2) is 22.8 Å². The lowest BCUT2D eigenvalue weighted by atomic mass is 9.97. The van der Waals surface area contributed by atoms with Crippen LogP contribution in [0.5, 0.6) is 5.75 Å². The van der Waals surface area contributed by atoms with Gasteiger partial charge in [-0.05, 0) is 31.2 Å². The molecule has 0 unspecified atom stereocenters. The fourth-order valence-corrected chi connectivity index (χ4v) is 3.46. The summed E-state index contributed by atoms with van der Waals surface area (Å²) in [6.45, 7) is 1.74. The molecule has 6 nitrogen and oxygen atoms in total. The summed E-state index contributed by atoms with van der Waals surface area (Å²) >= 11 is 0. The minimum Gasteiger partial charge on any atom is -0.496 e. The van der Waals surface area contributed by atoms with Crippen molar-refractivity contribution in [2.75, 3.05) is 17.7 Å². The number of carbonyl (C=O) groups excluding carboxylic acids is 1. The van der Waals surface area contributed by atoms with E-state index in [0.29, 0.717) is 28.2 Å². The first-order valence-corrected chi connectivity index (χ1v) is 8.83. The molecule has 1 aliphatic heterocycles. The highest BCUT2D eigenvalue weighted by atomic mass is 19.1. The van der Waals surface area contributed by atoms with Gasteiger partial charge < -0.3 is 15.4 Å². The highest BCUT2D eigenvalue weighted by molar-refractivity contribution is 6.32. The minimum atomic E-state index is -0.661. The first kappa shape index (κ1) is 18.7. The number of allylic oxidation sites excluding steroid dienone is 1. The molecular formula is C21H18F2N4O2. The lowest BCUT2D eigenvalue weighted by Crippen LogP contribution is -2.08. The highest BCUT2D eigenvalue weighted by Gasteiger charge is 2.29. The molecule has 148 valence electrons. The third-order valence-electron chi connectivity index (χ3n) is 4.73. The maximum absolute atomic E-state index is 14.8. The SMILES string of the molecule is COc1cccc(F)c1-c1cc2c(cc1F)NC(=O)/C2=C(/C)Nc1cnn(C)c1. The van der Waals surface area contributed by atoms with Gasteiger partial charge in [0.05, 0.1) is 35.8 Å². The molecule has 0 saturated carbocycles. The summed E-state index contributed by atoms with van der Waals surface area (Å²) in [4.78, 5) is 12.6. The number of halogens is 2. The summed E-state index contributed by atoms with van der Waals surface area (Å²) in [5, 5.41) is 9.87. The molecule has 1 aliphatic rings. The molecule has 1 amide bonds. The average Bonchev–Trinajstić information content (AvgIpc) is 3.22. The van der Waals surface area contributed by atoms with E-state index in [1.54, 1.807) is 37.1 Å². The van der Waals surface area contributed by atoms with Crippen molar-refractivity contribution in [2.45, 2.75) is 6.92 Å². The van der Waals surface area contributed by atoms with Crippen LogP contribution in [0, 0.1) is 11.6 Å². The third kappa shape index (κ3) is 3.22. The molecule has 0 atom stereocenters. The summed E-state index contributed by atoms with van der Waals surface area (Å²) in [7, 11) is 3.17. The molecule has 0 bridgehead atoms. The Hall–Kier alpha value is -3.68. The first-order chi connectivity index (χ1) is 13.9. The smallest absolute Gasteiger partial charge is 0.258 e. The van der Waals surface area contributed by atoms with Crippen LogP contribution in [0.4, 0.5) is 20.2 Å². The Morgan fingerprint density at radius 2 is 2.00 bits per heavy atom. The van der Waals surface area contributed by atoms with Crippen molar-refractivity contribution in [3.8, 4) is 16.9 Å². The Morgan fingerprint density at radius 3 is 2.69 bits per heavy atom. The van der Waals surface area contributed by atoms with Crippen LogP contribution in [-0.2, 0) is 11.8 Å². The molecule has 0 radical (unpaired) electrons. The van der Waals surface area contributed by atoms with Gasteiger partial charge in [-0.2, -0.15) is 5.10 Å². The van der Waals surface area contributed by atoms with Crippen LogP contribution in [0.15, 0.2) is 48.4 Å². The largest absolute Gasteiger partial charge is 0.496 e. The summed E-state index contributed by atoms with van der Waals surface area (Å²) in [6, 6.07) is 6.94. The predicted molar refractivity (Wildman–Crippen MR) is 106 cm³/mol. The van der Waals surface area contributed by atoms with Gasteiger partial charge in [0.15, 0.2) is 0 Å². The Bertz CT molecular complexity index is 1170. The van der Waals surface area contributed by atoms with E-state index in [1.807, 2.05) is 0 Å². The molecule has 0 aliphatic carbocycles. The maximum Gasteiger partial charge on any atom is 0.258 e. The van der Waals surface area contributed by atoms with Gasteiger partial charge in [0.2, 0.25) is 0 Å². The van der Waals surface area contributed by atoms with Gasteiger partial charge >= 0.3 is 0 Å². The number of hydrogen-bond donors (Lipinski definition) is 2. The van der Waals surface area contributed by atoms with E-state index in [0.717, 1.165) is 0 Å². The number of nitrogens with one attached hydrogen (secondary N) is 2. The van der Waals surface area contributed by atoms with Gasteiger partial charge in [0, 0.05) is 30.1 Å². The summed E-state index contributed by atoms with van der Waals surface area (Å²) in [5.41, 5.74) is 2.44. The summed E-state index contributed by atoms with van der Waals surface area (Å²) in [6.07, 6.45) is 3.39. The van der Waals surface area contributed by atoms with E-state index in [-0.39, 0.29) is 22.8 Å². The fourth-order valence-electron chi connectivity index (χ4n) is 3.46. The molecule has 0 spiro atoms. The second-order valence-corrected chi connectivity index (χ2v) is 6.68. The van der Waals surface area contributed by atoms with Crippen molar-refractivity contribution in [2.24, 2.45) is 7.05 Å². The maximum atomic E-state index is 14.8. The molecule has 8 heteroatoms. The molecule has 0 fully saturated rings. The van der Waals surface area contributed by atoms with Gasteiger partial charge in [-0.3, -0.25) is 9.48 Å². The third-order valence-corrected chi connectivity index (χ3v) is 4.73. The van der Waals surface area contributed by atoms with Crippen LogP contribution in [0.2, 0.25) is 0 Å². The topological polar surface area (TPSA) is 68.2 Å². The van der Waals surface area contributed by atoms with E-state index in [2.05, 4.69) is 15.7 Å². The molecule has 2 aromatic carbocycles. The number of rotatable bonds is 4. The average molecular weight is 396 g/mol. The Balaban J connectivity index is 1.86. The second-order valence-electron chi connectivity index (χ2n) is 6.68. The lowest BCUT2D eigenvalue weighted by Gasteiger charge is -2.13. The van der Waals surface area contributed by atoms with Gasteiger partial charge in [-0.15, -0.1) is 0 Å². The van der Waals surface area contributed by atoms with Crippen molar-refractivity contribution in [1.82, 2.24) is 9.78 Å². The second kappa shape index (κ2) is 7.05. The zero-order valence-corrected chi connectivity index (χ0v) is 16.0. The van der Waals surface area contributed by atoms with Gasteiger partial charge in [0.25, 0.3) is 5.91 Å². The monoisotopic (exact) mass is 396 g/mol. The normalized spacial score (nSPS) is 14.4. The lowest BCUT2D eigenvalue weighted by molar-refractivity contribution is -0.110. The van der Waals surface area contributed by atoms with E-state index in [1.165, 1.54) is 31.4 Å². The van der Waals surface area contributed by atoms with E-state index < -0.39 is 11.6 Å². The number of nitrogens with zero attached hydrogens (tertiary/aromatic N) is 2.